The van der Waals surface area contributed by atoms with E-state index in [1.165, 1.54) is 0 Å². The minimum absolute atomic E-state index is 0.214. The van der Waals surface area contributed by atoms with Crippen LogP contribution in [0.2, 0.25) is 0 Å². The Morgan fingerprint density at radius 1 is 1.56 bits per heavy atom. The molecule has 1 saturated heterocycles. The molecule has 0 aromatic heterocycles. The molecular weight excluding hydrogens is 252 g/mol. The van der Waals surface area contributed by atoms with Crippen LogP contribution in [0.15, 0.2) is 0 Å². The molecule has 0 aromatic rings. The van der Waals surface area contributed by atoms with E-state index in [1.807, 2.05) is 0 Å². The van der Waals surface area contributed by atoms with Crippen molar-refractivity contribution >= 4 is 37.8 Å². The number of carbonyl (C=O) groups is 1. The highest BCUT2D eigenvalue weighted by Gasteiger charge is 2.36. The van der Waals surface area contributed by atoms with E-state index in [0.29, 0.717) is 6.61 Å². The van der Waals surface area contributed by atoms with Crippen molar-refractivity contribution in [2.75, 3.05) is 6.61 Å². The van der Waals surface area contributed by atoms with E-state index in [1.54, 1.807) is 0 Å². The van der Waals surface area contributed by atoms with Crippen molar-refractivity contribution in [3.05, 3.63) is 0 Å². The van der Waals surface area contributed by atoms with Crippen LogP contribution in [-0.4, -0.2) is 15.8 Å². The quantitative estimate of drug-likeness (QED) is 0.489. The average molecular weight is 258 g/mol. The molecule has 0 spiro atoms. The Labute approximate surface area is 70.2 Å². The highest BCUT2D eigenvalue weighted by Crippen LogP contribution is 2.35. The number of carbonyl (C=O) groups excluding carboxylic acids is 1. The number of ether oxygens (including phenoxy) is 1. The Kier molecular flexibility index (Phi) is 2.16. The zero-order valence-electron chi connectivity index (χ0n) is 4.69. The van der Waals surface area contributed by atoms with Crippen LogP contribution >= 0.6 is 31.9 Å². The van der Waals surface area contributed by atoms with Gasteiger partial charge < -0.3 is 4.74 Å². The summed E-state index contributed by atoms with van der Waals surface area (Å²) in [6, 6.07) is 0. The molecule has 0 radical (unpaired) electrons. The molecule has 0 atom stereocenters. The highest BCUT2D eigenvalue weighted by atomic mass is 79.9. The Morgan fingerprint density at radius 2 is 2.22 bits per heavy atom. The SMILES string of the molecule is O=C1OCCCC1(Br)Br. The third kappa shape index (κ3) is 1.67. The highest BCUT2D eigenvalue weighted by molar-refractivity contribution is 9.25. The van der Waals surface area contributed by atoms with Gasteiger partial charge >= 0.3 is 5.97 Å². The van der Waals surface area contributed by atoms with Gasteiger partial charge in [-0.2, -0.15) is 0 Å². The average Bonchev–Trinajstić information content (AvgIpc) is 1.77. The smallest absolute Gasteiger partial charge is 0.333 e. The maximum Gasteiger partial charge on any atom is 0.333 e. The Balaban J connectivity index is 2.60. The van der Waals surface area contributed by atoms with Crippen molar-refractivity contribution < 1.29 is 9.53 Å². The van der Waals surface area contributed by atoms with E-state index in [-0.39, 0.29) is 5.97 Å². The van der Waals surface area contributed by atoms with Crippen LogP contribution in [0.1, 0.15) is 12.8 Å². The monoisotopic (exact) mass is 256 g/mol. The summed E-state index contributed by atoms with van der Waals surface area (Å²) in [6.45, 7) is 0.553. The Hall–Kier alpha value is 0.430. The summed E-state index contributed by atoms with van der Waals surface area (Å²) < 4.78 is 4.16. The first-order valence-electron chi connectivity index (χ1n) is 2.68. The predicted octanol–water partition coefficient (Wildman–Crippen LogP) is 1.81. The summed E-state index contributed by atoms with van der Waals surface area (Å²) in [4.78, 5) is 10.8. The van der Waals surface area contributed by atoms with Crippen molar-refractivity contribution in [2.24, 2.45) is 0 Å². The van der Waals surface area contributed by atoms with E-state index < -0.39 is 3.23 Å². The predicted molar refractivity (Wildman–Crippen MR) is 40.8 cm³/mol. The van der Waals surface area contributed by atoms with Gasteiger partial charge in [-0.15, -0.1) is 0 Å². The molecule has 9 heavy (non-hydrogen) atoms. The molecular formula is C5H6Br2O2. The third-order valence-corrected chi connectivity index (χ3v) is 2.61. The standard InChI is InChI=1S/C5H6Br2O2/c6-5(7)2-1-3-9-4(5)8/h1-3H2. The molecule has 0 aliphatic carbocycles. The van der Waals surface area contributed by atoms with Crippen molar-refractivity contribution in [1.29, 1.82) is 0 Å². The second-order valence-corrected chi connectivity index (χ2v) is 5.72. The summed E-state index contributed by atoms with van der Waals surface area (Å²) >= 11 is 6.40. The van der Waals surface area contributed by atoms with Gasteiger partial charge in [0.25, 0.3) is 0 Å². The number of halogens is 2. The van der Waals surface area contributed by atoms with Gasteiger partial charge in [0.2, 0.25) is 0 Å². The first-order chi connectivity index (χ1) is 4.13. The van der Waals surface area contributed by atoms with Crippen LogP contribution in [0.4, 0.5) is 0 Å². The largest absolute Gasteiger partial charge is 0.464 e. The van der Waals surface area contributed by atoms with Crippen LogP contribution in [0, 0.1) is 0 Å². The van der Waals surface area contributed by atoms with Gasteiger partial charge in [0, 0.05) is 0 Å². The Bertz CT molecular complexity index is 133. The van der Waals surface area contributed by atoms with Gasteiger partial charge in [-0.3, -0.25) is 0 Å². The van der Waals surface area contributed by atoms with Gasteiger partial charge in [-0.1, -0.05) is 31.9 Å². The molecule has 0 N–H and O–H groups in total. The molecule has 0 bridgehead atoms. The van der Waals surface area contributed by atoms with Crippen LogP contribution in [0.3, 0.4) is 0 Å². The lowest BCUT2D eigenvalue weighted by Crippen LogP contribution is -2.32. The molecule has 1 rings (SSSR count). The van der Waals surface area contributed by atoms with Gasteiger partial charge in [-0.25, -0.2) is 4.79 Å². The lowest BCUT2D eigenvalue weighted by molar-refractivity contribution is -0.146. The first kappa shape index (κ1) is 7.54. The Morgan fingerprint density at radius 3 is 2.56 bits per heavy atom. The topological polar surface area (TPSA) is 26.3 Å². The summed E-state index contributed by atoms with van der Waals surface area (Å²) in [5.74, 6) is -0.214. The van der Waals surface area contributed by atoms with Crippen LogP contribution in [-0.2, 0) is 9.53 Å². The summed E-state index contributed by atoms with van der Waals surface area (Å²) in [7, 11) is 0. The molecule has 0 aromatic carbocycles. The van der Waals surface area contributed by atoms with E-state index in [2.05, 4.69) is 31.9 Å². The first-order valence-corrected chi connectivity index (χ1v) is 4.26. The van der Waals surface area contributed by atoms with Gasteiger partial charge in [0.15, 0.2) is 3.23 Å². The van der Waals surface area contributed by atoms with Gasteiger partial charge in [0.05, 0.1) is 6.61 Å². The van der Waals surface area contributed by atoms with Crippen LogP contribution in [0.25, 0.3) is 0 Å². The lowest BCUT2D eigenvalue weighted by Gasteiger charge is -2.23. The summed E-state index contributed by atoms with van der Waals surface area (Å²) in [5, 5.41) is 0. The minimum Gasteiger partial charge on any atom is -0.464 e. The molecule has 1 heterocycles. The number of hydrogen-bond acceptors (Lipinski definition) is 2. The van der Waals surface area contributed by atoms with Gasteiger partial charge in [0.1, 0.15) is 0 Å². The minimum atomic E-state index is -0.599. The van der Waals surface area contributed by atoms with Crippen LogP contribution < -0.4 is 0 Å². The molecule has 4 heteroatoms. The fourth-order valence-electron chi connectivity index (χ4n) is 0.667. The van der Waals surface area contributed by atoms with E-state index in [4.69, 9.17) is 4.74 Å². The van der Waals surface area contributed by atoms with Crippen LogP contribution in [0.5, 0.6) is 0 Å². The molecule has 2 nitrogen and oxygen atoms in total. The normalized spacial score (nSPS) is 25.3. The number of alkyl halides is 2. The molecule has 0 amide bonds. The molecule has 1 fully saturated rings. The van der Waals surface area contributed by atoms with Gasteiger partial charge in [-0.05, 0) is 12.8 Å². The number of cyclic esters (lactones) is 1. The van der Waals surface area contributed by atoms with Crippen molar-refractivity contribution in [1.82, 2.24) is 0 Å². The fraction of sp³-hybridized carbons (Fsp3) is 0.800. The number of esters is 1. The summed E-state index contributed by atoms with van der Waals surface area (Å²) in [5.41, 5.74) is 0. The van der Waals surface area contributed by atoms with Crippen molar-refractivity contribution in [3.8, 4) is 0 Å². The fourth-order valence-corrected chi connectivity index (χ4v) is 1.46. The number of rotatable bonds is 0. The number of hydrogen-bond donors (Lipinski definition) is 0. The lowest BCUT2D eigenvalue weighted by atomic mass is 10.2. The zero-order chi connectivity index (χ0) is 6.91. The summed E-state index contributed by atoms with van der Waals surface area (Å²) in [6.07, 6.45) is 1.72. The van der Waals surface area contributed by atoms with Crippen molar-refractivity contribution in [2.45, 2.75) is 16.1 Å². The molecule has 0 unspecified atom stereocenters. The van der Waals surface area contributed by atoms with E-state index in [0.717, 1.165) is 12.8 Å². The van der Waals surface area contributed by atoms with E-state index >= 15 is 0 Å². The molecule has 1 aliphatic rings. The maximum atomic E-state index is 10.8. The molecule has 0 saturated carbocycles. The zero-order valence-corrected chi connectivity index (χ0v) is 7.87. The van der Waals surface area contributed by atoms with E-state index in [9.17, 15) is 4.79 Å². The van der Waals surface area contributed by atoms with Crippen molar-refractivity contribution in [3.63, 3.8) is 0 Å². The maximum absolute atomic E-state index is 10.8. The second kappa shape index (κ2) is 2.58. The molecule has 52 valence electrons. The second-order valence-electron chi connectivity index (χ2n) is 1.94. The molecule has 1 aliphatic heterocycles. The third-order valence-electron chi connectivity index (χ3n) is 1.17.